The molecule has 0 radical (unpaired) electrons. The van der Waals surface area contributed by atoms with Crippen LogP contribution in [0.25, 0.3) is 0 Å². The number of carbonyl (C=O) groups is 2. The number of ether oxygens (including phenoxy) is 2. The van der Waals surface area contributed by atoms with E-state index in [0.717, 1.165) is 12.1 Å². The maximum atomic E-state index is 12.2. The topological polar surface area (TPSA) is 82.5 Å². The van der Waals surface area contributed by atoms with E-state index in [9.17, 15) is 22.8 Å². The molecule has 0 bridgehead atoms. The second-order valence-corrected chi connectivity index (χ2v) is 5.81. The normalized spacial score (nSPS) is 11.0. The van der Waals surface area contributed by atoms with Crippen molar-refractivity contribution in [2.45, 2.75) is 6.36 Å². The Morgan fingerprint density at radius 1 is 0.966 bits per heavy atom. The Bertz CT molecular complexity index is 1010. The predicted octanol–water partition coefficient (Wildman–Crippen LogP) is 3.79. The second kappa shape index (κ2) is 8.05. The number of esters is 1. The van der Waals surface area contributed by atoms with E-state index in [1.165, 1.54) is 47.1 Å². The summed E-state index contributed by atoms with van der Waals surface area (Å²) in [7, 11) is 1.67. The lowest BCUT2D eigenvalue weighted by Crippen LogP contribution is -2.17. The van der Waals surface area contributed by atoms with E-state index in [1.807, 2.05) is 0 Å². The van der Waals surface area contributed by atoms with Gasteiger partial charge in [0.05, 0.1) is 0 Å². The third-order valence-corrected chi connectivity index (χ3v) is 3.60. The van der Waals surface area contributed by atoms with Crippen LogP contribution in [0.5, 0.6) is 11.5 Å². The van der Waals surface area contributed by atoms with Crippen molar-refractivity contribution in [3.05, 3.63) is 72.1 Å². The van der Waals surface area contributed by atoms with Crippen LogP contribution in [0.4, 0.5) is 18.9 Å². The fourth-order valence-electron chi connectivity index (χ4n) is 2.30. The van der Waals surface area contributed by atoms with Crippen molar-refractivity contribution in [2.24, 2.45) is 7.05 Å². The number of nitrogens with one attached hydrogen (secondary N) is 1. The number of hydrogen-bond acceptors (Lipinski definition) is 5. The zero-order chi connectivity index (χ0) is 21.0. The van der Waals surface area contributed by atoms with Crippen molar-refractivity contribution in [3.63, 3.8) is 0 Å². The summed E-state index contributed by atoms with van der Waals surface area (Å²) in [6.45, 7) is 0. The molecular weight excluding hydrogens is 391 g/mol. The quantitative estimate of drug-likeness (QED) is 0.516. The molecule has 0 unspecified atom stereocenters. The summed E-state index contributed by atoms with van der Waals surface area (Å²) in [6.07, 6.45) is -3.18. The molecule has 0 spiro atoms. The van der Waals surface area contributed by atoms with Crippen LogP contribution in [-0.2, 0) is 7.05 Å². The fraction of sp³-hybridized carbons (Fsp3) is 0.105. The van der Waals surface area contributed by atoms with Crippen LogP contribution in [-0.4, -0.2) is 28.0 Å². The van der Waals surface area contributed by atoms with Gasteiger partial charge in [-0.05, 0) is 54.6 Å². The smallest absolute Gasteiger partial charge is 0.422 e. The van der Waals surface area contributed by atoms with E-state index in [4.69, 9.17) is 4.74 Å². The van der Waals surface area contributed by atoms with E-state index in [0.29, 0.717) is 0 Å². The van der Waals surface area contributed by atoms with Gasteiger partial charge in [0.2, 0.25) is 0 Å². The molecule has 29 heavy (non-hydrogen) atoms. The first-order valence-corrected chi connectivity index (χ1v) is 8.19. The van der Waals surface area contributed by atoms with Crippen LogP contribution in [0.2, 0.25) is 0 Å². The number of anilines is 1. The molecule has 0 aliphatic rings. The number of rotatable bonds is 5. The van der Waals surface area contributed by atoms with Crippen molar-refractivity contribution in [1.82, 2.24) is 9.78 Å². The molecular formula is C19H14F3N3O4. The maximum absolute atomic E-state index is 12.2. The average molecular weight is 405 g/mol. The number of benzene rings is 2. The summed E-state index contributed by atoms with van der Waals surface area (Å²) in [6, 6.07) is 12.0. The van der Waals surface area contributed by atoms with Gasteiger partial charge in [0.25, 0.3) is 5.91 Å². The highest BCUT2D eigenvalue weighted by Gasteiger charge is 2.30. The first-order valence-electron chi connectivity index (χ1n) is 8.19. The van der Waals surface area contributed by atoms with Crippen LogP contribution < -0.4 is 14.8 Å². The summed E-state index contributed by atoms with van der Waals surface area (Å²) >= 11 is 0. The number of aromatic nitrogens is 2. The third-order valence-electron chi connectivity index (χ3n) is 3.60. The van der Waals surface area contributed by atoms with Crippen LogP contribution in [0.15, 0.2) is 60.8 Å². The van der Waals surface area contributed by atoms with Crippen molar-refractivity contribution < 1.29 is 32.2 Å². The Hall–Kier alpha value is -3.82. The highest BCUT2D eigenvalue weighted by Crippen LogP contribution is 2.24. The summed E-state index contributed by atoms with van der Waals surface area (Å²) < 4.78 is 46.9. The van der Waals surface area contributed by atoms with E-state index < -0.39 is 24.0 Å². The van der Waals surface area contributed by atoms with Gasteiger partial charge in [-0.15, -0.1) is 13.2 Å². The molecule has 1 amide bonds. The van der Waals surface area contributed by atoms with Gasteiger partial charge in [0, 0.05) is 24.5 Å². The number of halogens is 3. The zero-order valence-corrected chi connectivity index (χ0v) is 14.9. The Morgan fingerprint density at radius 3 is 2.14 bits per heavy atom. The standard InChI is InChI=1S/C19H14F3N3O4/c1-25-11-10-16(24-25)18(27)28-14-6-2-12(3-7-14)17(26)23-13-4-8-15(9-5-13)29-19(20,21)22/h2-11H,1H3,(H,23,26). The molecule has 0 aliphatic carbocycles. The van der Waals surface area contributed by atoms with Crippen LogP contribution in [0, 0.1) is 0 Å². The van der Waals surface area contributed by atoms with Crippen molar-refractivity contribution in [2.75, 3.05) is 5.32 Å². The van der Waals surface area contributed by atoms with Crippen molar-refractivity contribution in [3.8, 4) is 11.5 Å². The summed E-state index contributed by atoms with van der Waals surface area (Å²) in [4.78, 5) is 24.2. The lowest BCUT2D eigenvalue weighted by atomic mass is 10.2. The molecule has 150 valence electrons. The second-order valence-electron chi connectivity index (χ2n) is 5.81. The number of alkyl halides is 3. The Balaban J connectivity index is 1.59. The molecule has 0 fully saturated rings. The number of nitrogens with zero attached hydrogens (tertiary/aromatic N) is 2. The van der Waals surface area contributed by atoms with E-state index in [-0.39, 0.29) is 22.7 Å². The minimum atomic E-state index is -4.79. The minimum absolute atomic E-state index is 0.146. The van der Waals surface area contributed by atoms with Gasteiger partial charge < -0.3 is 14.8 Å². The molecule has 1 aromatic heterocycles. The molecule has 1 N–H and O–H groups in total. The molecule has 0 saturated heterocycles. The van der Waals surface area contributed by atoms with Crippen LogP contribution in [0.1, 0.15) is 20.8 Å². The van der Waals surface area contributed by atoms with Gasteiger partial charge in [-0.3, -0.25) is 9.48 Å². The van der Waals surface area contributed by atoms with E-state index in [1.54, 1.807) is 13.2 Å². The molecule has 3 rings (SSSR count). The third kappa shape index (κ3) is 5.58. The predicted molar refractivity (Wildman–Crippen MR) is 95.7 cm³/mol. The first kappa shape index (κ1) is 19.9. The first-order chi connectivity index (χ1) is 13.7. The van der Waals surface area contributed by atoms with Gasteiger partial charge in [0.15, 0.2) is 5.69 Å². The molecule has 1 heterocycles. The summed E-state index contributed by atoms with van der Waals surface area (Å²) in [5.41, 5.74) is 0.695. The molecule has 0 saturated carbocycles. The molecule has 2 aromatic carbocycles. The van der Waals surface area contributed by atoms with E-state index in [2.05, 4.69) is 15.2 Å². The van der Waals surface area contributed by atoms with Gasteiger partial charge in [-0.1, -0.05) is 0 Å². The highest BCUT2D eigenvalue weighted by molar-refractivity contribution is 6.04. The van der Waals surface area contributed by atoms with Gasteiger partial charge in [-0.25, -0.2) is 4.79 Å². The average Bonchev–Trinajstić information content (AvgIpc) is 3.09. The zero-order valence-electron chi connectivity index (χ0n) is 14.9. The maximum Gasteiger partial charge on any atom is 0.573 e. The lowest BCUT2D eigenvalue weighted by molar-refractivity contribution is -0.274. The lowest BCUT2D eigenvalue weighted by Gasteiger charge is -2.10. The Labute approximate surface area is 162 Å². The number of hydrogen-bond donors (Lipinski definition) is 1. The fourth-order valence-corrected chi connectivity index (χ4v) is 2.30. The molecule has 0 aliphatic heterocycles. The number of aryl methyl sites for hydroxylation is 1. The van der Waals surface area contributed by atoms with Gasteiger partial charge in [0.1, 0.15) is 11.5 Å². The largest absolute Gasteiger partial charge is 0.573 e. The number of amides is 1. The molecule has 0 atom stereocenters. The molecule has 10 heteroatoms. The minimum Gasteiger partial charge on any atom is -0.422 e. The van der Waals surface area contributed by atoms with Gasteiger partial charge in [-0.2, -0.15) is 5.10 Å². The van der Waals surface area contributed by atoms with E-state index >= 15 is 0 Å². The molecule has 3 aromatic rings. The van der Waals surface area contributed by atoms with Gasteiger partial charge >= 0.3 is 12.3 Å². The number of carbonyl (C=O) groups excluding carboxylic acids is 2. The highest BCUT2D eigenvalue weighted by atomic mass is 19.4. The van der Waals surface area contributed by atoms with Crippen molar-refractivity contribution >= 4 is 17.6 Å². The monoisotopic (exact) mass is 405 g/mol. The van der Waals surface area contributed by atoms with Crippen LogP contribution in [0.3, 0.4) is 0 Å². The molecule has 7 nitrogen and oxygen atoms in total. The Kier molecular flexibility index (Phi) is 5.53. The SMILES string of the molecule is Cn1ccc(C(=O)Oc2ccc(C(=O)Nc3ccc(OC(F)(F)F)cc3)cc2)n1. The van der Waals surface area contributed by atoms with Crippen LogP contribution >= 0.6 is 0 Å². The Morgan fingerprint density at radius 2 is 1.59 bits per heavy atom. The summed E-state index contributed by atoms with van der Waals surface area (Å²) in [5.74, 6) is -1.29. The summed E-state index contributed by atoms with van der Waals surface area (Å²) in [5, 5.41) is 6.47. The van der Waals surface area contributed by atoms with Crippen molar-refractivity contribution in [1.29, 1.82) is 0 Å².